The molecule has 0 atom stereocenters. The summed E-state index contributed by atoms with van der Waals surface area (Å²) in [7, 11) is 0. The number of hydrogen-bond acceptors (Lipinski definition) is 4. The van der Waals surface area contributed by atoms with Crippen molar-refractivity contribution in [3.63, 3.8) is 0 Å². The minimum atomic E-state index is -0.358. The average Bonchev–Trinajstić information content (AvgIpc) is 3.12. The minimum absolute atomic E-state index is 0.354. The van der Waals surface area contributed by atoms with Crippen LogP contribution in [0.2, 0.25) is 5.02 Å². The number of aromatic nitrogens is 1. The van der Waals surface area contributed by atoms with Crippen LogP contribution in [0.15, 0.2) is 77.9 Å². The lowest BCUT2D eigenvalue weighted by molar-refractivity contribution is 0.0988. The van der Waals surface area contributed by atoms with E-state index in [1.807, 2.05) is 30.3 Å². The van der Waals surface area contributed by atoms with E-state index in [0.717, 1.165) is 5.56 Å². The van der Waals surface area contributed by atoms with Crippen LogP contribution in [0.3, 0.4) is 0 Å². The second-order valence-electron chi connectivity index (χ2n) is 5.89. The fraction of sp³-hybridized carbons (Fsp3) is 0. The lowest BCUT2D eigenvalue weighted by Crippen LogP contribution is -2.25. The molecule has 0 saturated heterocycles. The second kappa shape index (κ2) is 7.88. The molecule has 1 aromatic heterocycles. The van der Waals surface area contributed by atoms with E-state index in [9.17, 15) is 9.18 Å². The molecule has 0 aliphatic heterocycles. The Morgan fingerprint density at radius 3 is 2.57 bits per heavy atom. The highest BCUT2D eigenvalue weighted by Crippen LogP contribution is 2.30. The Balaban J connectivity index is 1.76. The first-order chi connectivity index (χ1) is 13.6. The second-order valence-corrected chi connectivity index (χ2v) is 7.33. The van der Waals surface area contributed by atoms with Gasteiger partial charge in [-0.3, -0.25) is 4.79 Å². The van der Waals surface area contributed by atoms with Crippen molar-refractivity contribution >= 4 is 50.4 Å². The summed E-state index contributed by atoms with van der Waals surface area (Å²) in [5.74, 6) is -0.713. The maximum Gasteiger partial charge on any atom is 0.280 e. The molecule has 0 fully saturated rings. The molecule has 138 valence electrons. The number of anilines is 1. The topological polar surface area (TPSA) is 45.6 Å². The van der Waals surface area contributed by atoms with Gasteiger partial charge in [0.15, 0.2) is 0 Å². The number of nitrogens with zero attached hydrogens (tertiary/aromatic N) is 3. The Labute approximate surface area is 169 Å². The van der Waals surface area contributed by atoms with Crippen LogP contribution in [0.5, 0.6) is 0 Å². The lowest BCUT2D eigenvalue weighted by atomic mass is 10.2. The highest BCUT2D eigenvalue weighted by molar-refractivity contribution is 7.22. The standard InChI is InChI=1S/C21H13ClFN3OS/c22-16-8-6-15(7-9-16)20(27)26(24-13-14-4-2-1-3-5-14)21-25-18-11-10-17(23)12-19(18)28-21/h1-13H/b24-13+. The summed E-state index contributed by atoms with van der Waals surface area (Å²) >= 11 is 7.12. The molecule has 4 rings (SSSR count). The summed E-state index contributed by atoms with van der Waals surface area (Å²) in [6, 6.07) is 20.3. The van der Waals surface area contributed by atoms with Gasteiger partial charge < -0.3 is 0 Å². The molecule has 0 N–H and O–H groups in total. The Bertz CT molecular complexity index is 1160. The zero-order chi connectivity index (χ0) is 19.5. The van der Waals surface area contributed by atoms with E-state index in [-0.39, 0.29) is 11.7 Å². The van der Waals surface area contributed by atoms with Crippen LogP contribution in [0.4, 0.5) is 9.52 Å². The summed E-state index contributed by atoms with van der Waals surface area (Å²) < 4.78 is 14.2. The molecule has 4 nitrogen and oxygen atoms in total. The Hall–Kier alpha value is -3.09. The molecule has 1 heterocycles. The number of rotatable bonds is 4. The third kappa shape index (κ3) is 3.93. The van der Waals surface area contributed by atoms with Crippen molar-refractivity contribution in [2.75, 3.05) is 5.01 Å². The predicted octanol–water partition coefficient (Wildman–Crippen LogP) is 5.77. The molecule has 4 aromatic rings. The van der Waals surface area contributed by atoms with E-state index in [1.54, 1.807) is 36.5 Å². The zero-order valence-corrected chi connectivity index (χ0v) is 16.0. The molecule has 7 heteroatoms. The van der Waals surface area contributed by atoms with E-state index in [2.05, 4.69) is 10.1 Å². The largest absolute Gasteiger partial charge is 0.280 e. The van der Waals surface area contributed by atoms with Crippen molar-refractivity contribution in [2.45, 2.75) is 0 Å². The van der Waals surface area contributed by atoms with E-state index in [4.69, 9.17) is 11.6 Å². The van der Waals surface area contributed by atoms with Gasteiger partial charge in [-0.25, -0.2) is 9.37 Å². The molecule has 0 unspecified atom stereocenters. The van der Waals surface area contributed by atoms with Crippen molar-refractivity contribution < 1.29 is 9.18 Å². The van der Waals surface area contributed by atoms with Crippen molar-refractivity contribution in [3.8, 4) is 0 Å². The molecule has 0 bridgehead atoms. The molecular formula is C21H13ClFN3OS. The number of hydrazone groups is 1. The number of halogens is 2. The molecule has 0 spiro atoms. The van der Waals surface area contributed by atoms with Crippen LogP contribution < -0.4 is 5.01 Å². The van der Waals surface area contributed by atoms with Crippen molar-refractivity contribution in [1.82, 2.24) is 4.98 Å². The highest BCUT2D eigenvalue weighted by atomic mass is 35.5. The number of carbonyl (C=O) groups is 1. The average molecular weight is 410 g/mol. The number of amides is 1. The van der Waals surface area contributed by atoms with Gasteiger partial charge in [-0.05, 0) is 48.0 Å². The summed E-state index contributed by atoms with van der Waals surface area (Å²) in [6.45, 7) is 0. The maximum absolute atomic E-state index is 13.5. The first-order valence-electron chi connectivity index (χ1n) is 8.35. The van der Waals surface area contributed by atoms with Crippen molar-refractivity contribution in [1.29, 1.82) is 0 Å². The molecule has 0 aliphatic carbocycles. The molecule has 1 amide bonds. The number of fused-ring (bicyclic) bond motifs is 1. The zero-order valence-electron chi connectivity index (χ0n) is 14.4. The van der Waals surface area contributed by atoms with Gasteiger partial charge in [-0.1, -0.05) is 53.3 Å². The van der Waals surface area contributed by atoms with E-state index >= 15 is 0 Å². The Morgan fingerprint density at radius 1 is 1.07 bits per heavy atom. The van der Waals surface area contributed by atoms with Gasteiger partial charge in [0, 0.05) is 10.6 Å². The van der Waals surface area contributed by atoms with Crippen LogP contribution in [0.1, 0.15) is 15.9 Å². The fourth-order valence-corrected chi connectivity index (χ4v) is 3.62. The number of carbonyl (C=O) groups excluding carboxylic acids is 1. The van der Waals surface area contributed by atoms with Gasteiger partial charge in [0.05, 0.1) is 16.4 Å². The monoisotopic (exact) mass is 409 g/mol. The van der Waals surface area contributed by atoms with Crippen LogP contribution in [-0.4, -0.2) is 17.1 Å². The smallest absolute Gasteiger partial charge is 0.267 e. The molecule has 0 radical (unpaired) electrons. The van der Waals surface area contributed by atoms with E-state index in [1.165, 1.54) is 28.5 Å². The predicted molar refractivity (Wildman–Crippen MR) is 112 cm³/mol. The first-order valence-corrected chi connectivity index (χ1v) is 9.55. The van der Waals surface area contributed by atoms with Gasteiger partial charge in [-0.15, -0.1) is 0 Å². The SMILES string of the molecule is O=C(c1ccc(Cl)cc1)N(/N=C/c1ccccc1)c1nc2ccc(F)cc2s1. The van der Waals surface area contributed by atoms with Gasteiger partial charge in [0.25, 0.3) is 5.91 Å². The van der Waals surface area contributed by atoms with Crippen LogP contribution in [0.25, 0.3) is 10.2 Å². The number of benzene rings is 3. The molecular weight excluding hydrogens is 397 g/mol. The van der Waals surface area contributed by atoms with E-state index < -0.39 is 0 Å². The third-order valence-corrected chi connectivity index (χ3v) is 5.17. The summed E-state index contributed by atoms with van der Waals surface area (Å²) in [5.41, 5.74) is 1.86. The van der Waals surface area contributed by atoms with Crippen molar-refractivity contribution in [2.24, 2.45) is 5.10 Å². The van der Waals surface area contributed by atoms with Gasteiger partial charge >= 0.3 is 0 Å². The summed E-state index contributed by atoms with van der Waals surface area (Å²) in [6.07, 6.45) is 1.58. The molecule has 28 heavy (non-hydrogen) atoms. The minimum Gasteiger partial charge on any atom is -0.267 e. The summed E-state index contributed by atoms with van der Waals surface area (Å²) in [4.78, 5) is 17.5. The molecule has 0 saturated carbocycles. The van der Waals surface area contributed by atoms with Gasteiger partial charge in [-0.2, -0.15) is 10.1 Å². The normalized spacial score (nSPS) is 11.2. The Morgan fingerprint density at radius 2 is 1.82 bits per heavy atom. The van der Waals surface area contributed by atoms with Gasteiger partial charge in [0.2, 0.25) is 5.13 Å². The quantitative estimate of drug-likeness (QED) is 0.317. The van der Waals surface area contributed by atoms with Gasteiger partial charge in [0.1, 0.15) is 5.82 Å². The Kier molecular flexibility index (Phi) is 5.14. The van der Waals surface area contributed by atoms with Crippen molar-refractivity contribution in [3.05, 3.63) is 94.8 Å². The van der Waals surface area contributed by atoms with E-state index in [0.29, 0.717) is 25.9 Å². The van der Waals surface area contributed by atoms with Crippen LogP contribution >= 0.6 is 22.9 Å². The highest BCUT2D eigenvalue weighted by Gasteiger charge is 2.21. The number of hydrogen-bond donors (Lipinski definition) is 0. The first kappa shape index (κ1) is 18.3. The fourth-order valence-electron chi connectivity index (χ4n) is 2.54. The van der Waals surface area contributed by atoms with Crippen LogP contribution in [-0.2, 0) is 0 Å². The third-order valence-electron chi connectivity index (χ3n) is 3.93. The summed E-state index contributed by atoms with van der Waals surface area (Å²) in [5, 5.41) is 6.47. The lowest BCUT2D eigenvalue weighted by Gasteiger charge is -2.13. The molecule has 0 aliphatic rings. The maximum atomic E-state index is 13.5. The number of thiazole rings is 1. The molecule has 3 aromatic carbocycles. The van der Waals surface area contributed by atoms with Crippen LogP contribution in [0, 0.1) is 5.82 Å².